The fourth-order valence-corrected chi connectivity index (χ4v) is 2.33. The first-order valence-corrected chi connectivity index (χ1v) is 6.33. The number of carbonyl (C=O) groups is 1. The topological polar surface area (TPSA) is 66.8 Å². The number of rotatable bonds is 3. The molecule has 1 saturated carbocycles. The molecular weight excluding hydrogens is 256 g/mol. The van der Waals surface area contributed by atoms with Crippen LogP contribution in [0.2, 0.25) is 5.02 Å². The van der Waals surface area contributed by atoms with Crippen LogP contribution in [0.5, 0.6) is 5.75 Å². The van der Waals surface area contributed by atoms with E-state index in [1.165, 1.54) is 18.2 Å². The third kappa shape index (κ3) is 2.94. The van der Waals surface area contributed by atoms with Gasteiger partial charge >= 0.3 is 5.97 Å². The molecule has 0 spiro atoms. The van der Waals surface area contributed by atoms with Gasteiger partial charge in [0, 0.05) is 0 Å². The maximum atomic E-state index is 10.8. The summed E-state index contributed by atoms with van der Waals surface area (Å²) in [6, 6.07) is 4.33. The Morgan fingerprint density at radius 1 is 1.33 bits per heavy atom. The van der Waals surface area contributed by atoms with Crippen LogP contribution in [-0.2, 0) is 0 Å². The van der Waals surface area contributed by atoms with Crippen molar-refractivity contribution in [3.8, 4) is 5.75 Å². The summed E-state index contributed by atoms with van der Waals surface area (Å²) in [5.74, 6) is -0.603. The van der Waals surface area contributed by atoms with Crippen LogP contribution in [0.4, 0.5) is 0 Å². The maximum absolute atomic E-state index is 10.8. The van der Waals surface area contributed by atoms with E-state index < -0.39 is 12.1 Å². The molecule has 1 aliphatic carbocycles. The highest BCUT2D eigenvalue weighted by Crippen LogP contribution is 2.30. The van der Waals surface area contributed by atoms with Crippen molar-refractivity contribution in [3.63, 3.8) is 0 Å². The van der Waals surface area contributed by atoms with Crippen molar-refractivity contribution in [1.82, 2.24) is 0 Å². The second-order valence-electron chi connectivity index (χ2n) is 4.46. The zero-order chi connectivity index (χ0) is 13.1. The van der Waals surface area contributed by atoms with Gasteiger partial charge < -0.3 is 14.9 Å². The molecule has 0 aliphatic heterocycles. The molecule has 0 radical (unpaired) electrons. The molecule has 98 valence electrons. The molecule has 2 atom stereocenters. The van der Waals surface area contributed by atoms with E-state index in [4.69, 9.17) is 21.4 Å². The second kappa shape index (κ2) is 5.59. The van der Waals surface area contributed by atoms with Crippen LogP contribution in [0.15, 0.2) is 18.2 Å². The molecule has 2 rings (SSSR count). The third-order valence-corrected chi connectivity index (χ3v) is 3.42. The molecule has 1 aromatic carbocycles. The molecule has 2 unspecified atom stereocenters. The number of ether oxygens (including phenoxy) is 1. The largest absolute Gasteiger partial charge is 0.486 e. The first kappa shape index (κ1) is 13.2. The summed E-state index contributed by atoms with van der Waals surface area (Å²) in [7, 11) is 0. The Balaban J connectivity index is 2.11. The molecule has 5 heteroatoms. The average Bonchev–Trinajstić information content (AvgIpc) is 2.34. The summed E-state index contributed by atoms with van der Waals surface area (Å²) >= 11 is 5.97. The van der Waals surface area contributed by atoms with Crippen molar-refractivity contribution < 1.29 is 19.7 Å². The minimum Gasteiger partial charge on any atom is -0.486 e. The van der Waals surface area contributed by atoms with Gasteiger partial charge in [0.1, 0.15) is 11.9 Å². The summed E-state index contributed by atoms with van der Waals surface area (Å²) in [6.45, 7) is 0. The Kier molecular flexibility index (Phi) is 4.09. The first-order valence-electron chi connectivity index (χ1n) is 5.95. The molecule has 0 amide bonds. The maximum Gasteiger partial charge on any atom is 0.335 e. The minimum absolute atomic E-state index is 0.122. The van der Waals surface area contributed by atoms with Gasteiger partial charge in [-0.15, -0.1) is 0 Å². The van der Waals surface area contributed by atoms with Gasteiger partial charge in [0.2, 0.25) is 0 Å². The summed E-state index contributed by atoms with van der Waals surface area (Å²) < 4.78 is 5.66. The van der Waals surface area contributed by atoms with Gasteiger partial charge in [-0.2, -0.15) is 0 Å². The van der Waals surface area contributed by atoms with Crippen molar-refractivity contribution in [2.24, 2.45) is 0 Å². The van der Waals surface area contributed by atoms with Crippen LogP contribution in [-0.4, -0.2) is 28.4 Å². The molecular formula is C13H15ClO4. The highest BCUT2D eigenvalue weighted by atomic mass is 35.5. The lowest BCUT2D eigenvalue weighted by Crippen LogP contribution is -2.34. The van der Waals surface area contributed by atoms with E-state index >= 15 is 0 Å². The van der Waals surface area contributed by atoms with Gasteiger partial charge in [-0.25, -0.2) is 4.79 Å². The number of hydrogen-bond acceptors (Lipinski definition) is 3. The van der Waals surface area contributed by atoms with Crippen molar-refractivity contribution in [2.75, 3.05) is 0 Å². The fourth-order valence-electron chi connectivity index (χ4n) is 2.11. The number of halogens is 1. The van der Waals surface area contributed by atoms with Crippen LogP contribution >= 0.6 is 11.6 Å². The second-order valence-corrected chi connectivity index (χ2v) is 4.87. The quantitative estimate of drug-likeness (QED) is 0.886. The minimum atomic E-state index is -1.03. The van der Waals surface area contributed by atoms with Crippen molar-refractivity contribution in [3.05, 3.63) is 28.8 Å². The van der Waals surface area contributed by atoms with Crippen LogP contribution in [0.1, 0.15) is 36.0 Å². The molecule has 1 aliphatic rings. The summed E-state index contributed by atoms with van der Waals surface area (Å²) in [6.07, 6.45) is 2.81. The van der Waals surface area contributed by atoms with Gasteiger partial charge in [0.05, 0.1) is 16.7 Å². The number of aliphatic hydroxyl groups excluding tert-OH is 1. The lowest BCUT2D eigenvalue weighted by molar-refractivity contribution is 0.00691. The van der Waals surface area contributed by atoms with E-state index in [0.717, 1.165) is 25.7 Å². The standard InChI is InChI=1S/C13H15ClO4/c14-9-7-8(13(16)17)5-6-11(9)18-12-4-2-1-3-10(12)15/h5-7,10,12,15H,1-4H2,(H,16,17). The molecule has 18 heavy (non-hydrogen) atoms. The van der Waals surface area contributed by atoms with E-state index in [2.05, 4.69) is 0 Å². The number of carboxylic acids is 1. The first-order chi connectivity index (χ1) is 8.58. The highest BCUT2D eigenvalue weighted by Gasteiger charge is 2.25. The summed E-state index contributed by atoms with van der Waals surface area (Å²) in [5.41, 5.74) is 0.122. The van der Waals surface area contributed by atoms with Gasteiger partial charge in [-0.3, -0.25) is 0 Å². The summed E-state index contributed by atoms with van der Waals surface area (Å²) in [4.78, 5) is 10.8. The monoisotopic (exact) mass is 270 g/mol. The van der Waals surface area contributed by atoms with Crippen LogP contribution < -0.4 is 4.74 Å². The zero-order valence-electron chi connectivity index (χ0n) is 9.80. The Morgan fingerprint density at radius 2 is 2.06 bits per heavy atom. The zero-order valence-corrected chi connectivity index (χ0v) is 10.6. The van der Waals surface area contributed by atoms with E-state index in [-0.39, 0.29) is 16.7 Å². The Bertz CT molecular complexity index is 447. The number of hydrogen-bond donors (Lipinski definition) is 2. The molecule has 1 aromatic rings. The van der Waals surface area contributed by atoms with E-state index in [0.29, 0.717) is 5.75 Å². The van der Waals surface area contributed by atoms with Gasteiger partial charge in [0.25, 0.3) is 0 Å². The van der Waals surface area contributed by atoms with Crippen molar-refractivity contribution in [1.29, 1.82) is 0 Å². The molecule has 0 aromatic heterocycles. The van der Waals surface area contributed by atoms with Gasteiger partial charge in [-0.05, 0) is 37.5 Å². The molecule has 4 nitrogen and oxygen atoms in total. The van der Waals surface area contributed by atoms with Crippen LogP contribution in [0.3, 0.4) is 0 Å². The van der Waals surface area contributed by atoms with Crippen LogP contribution in [0, 0.1) is 0 Å². The molecule has 0 heterocycles. The van der Waals surface area contributed by atoms with Crippen LogP contribution in [0.25, 0.3) is 0 Å². The number of benzene rings is 1. The molecule has 0 saturated heterocycles. The van der Waals surface area contributed by atoms with E-state index in [9.17, 15) is 9.90 Å². The highest BCUT2D eigenvalue weighted by molar-refractivity contribution is 6.32. The predicted octanol–water partition coefficient (Wildman–Crippen LogP) is 2.72. The van der Waals surface area contributed by atoms with E-state index in [1.807, 2.05) is 0 Å². The lowest BCUT2D eigenvalue weighted by atomic mass is 9.95. The Hall–Kier alpha value is -1.26. The normalized spacial score (nSPS) is 23.7. The number of aliphatic hydroxyl groups is 1. The average molecular weight is 271 g/mol. The fraction of sp³-hybridized carbons (Fsp3) is 0.462. The van der Waals surface area contributed by atoms with Gasteiger partial charge in [0.15, 0.2) is 0 Å². The van der Waals surface area contributed by atoms with Crippen molar-refractivity contribution in [2.45, 2.75) is 37.9 Å². The molecule has 2 N–H and O–H groups in total. The number of aromatic carboxylic acids is 1. The smallest absolute Gasteiger partial charge is 0.335 e. The Labute approximate surface area is 110 Å². The van der Waals surface area contributed by atoms with Crippen molar-refractivity contribution >= 4 is 17.6 Å². The molecule has 1 fully saturated rings. The molecule has 0 bridgehead atoms. The van der Waals surface area contributed by atoms with Gasteiger partial charge in [-0.1, -0.05) is 18.0 Å². The van der Waals surface area contributed by atoms with E-state index in [1.54, 1.807) is 0 Å². The Morgan fingerprint density at radius 3 is 2.67 bits per heavy atom. The predicted molar refractivity (Wildman–Crippen MR) is 67.3 cm³/mol. The SMILES string of the molecule is O=C(O)c1ccc(OC2CCCCC2O)c(Cl)c1. The number of carboxylic acid groups (broad SMARTS) is 1. The lowest BCUT2D eigenvalue weighted by Gasteiger charge is -2.28. The summed E-state index contributed by atoms with van der Waals surface area (Å²) in [5, 5.41) is 18.9. The third-order valence-electron chi connectivity index (χ3n) is 3.12.